The van der Waals surface area contributed by atoms with E-state index in [2.05, 4.69) is 15.3 Å². The molecule has 2 aromatic heterocycles. The average Bonchev–Trinajstić information content (AvgIpc) is 3.86. The first-order valence-corrected chi connectivity index (χ1v) is 20.2. The van der Waals surface area contributed by atoms with E-state index in [1.807, 2.05) is 57.5 Å². The number of aliphatic hydroxyl groups is 2. The monoisotopic (exact) mass is 800 g/mol. The molecular formula is C41H64N6O10. The van der Waals surface area contributed by atoms with E-state index in [9.17, 15) is 24.6 Å². The fourth-order valence-electron chi connectivity index (χ4n) is 9.29. The minimum Gasteiger partial charge on any atom is -0.458 e. The number of aromatic nitrogens is 3. The number of methoxy groups -OCH3 is 1. The van der Waals surface area contributed by atoms with Crippen LogP contribution in [0.5, 0.6) is 0 Å². The number of aryl methyl sites for hydroxylation is 1. The zero-order chi connectivity index (χ0) is 41.8. The summed E-state index contributed by atoms with van der Waals surface area (Å²) in [7, 11) is 5.08. The van der Waals surface area contributed by atoms with Gasteiger partial charge in [0.2, 0.25) is 0 Å². The van der Waals surface area contributed by atoms with Crippen LogP contribution in [0.2, 0.25) is 0 Å². The summed E-state index contributed by atoms with van der Waals surface area (Å²) in [5, 5.41) is 25.1. The zero-order valence-electron chi connectivity index (χ0n) is 35.2. The molecule has 3 N–H and O–H groups in total. The van der Waals surface area contributed by atoms with Gasteiger partial charge >= 0.3 is 12.1 Å². The van der Waals surface area contributed by atoms with Crippen LogP contribution in [0.4, 0.5) is 4.79 Å². The Bertz CT molecular complexity index is 1660. The molecule has 0 radical (unpaired) electrons. The number of carbonyl (C=O) groups is 3. The van der Waals surface area contributed by atoms with E-state index >= 15 is 0 Å². The molecule has 57 heavy (non-hydrogen) atoms. The van der Waals surface area contributed by atoms with Crippen molar-refractivity contribution in [1.29, 1.82) is 0 Å². The number of nitrogens with zero attached hydrogens (tertiary/aromatic N) is 5. The molecule has 318 valence electrons. The van der Waals surface area contributed by atoms with Crippen LogP contribution in [0.3, 0.4) is 0 Å². The molecule has 3 aliphatic heterocycles. The first kappa shape index (κ1) is 44.6. The number of nitrogens with one attached hydrogen (secondary N) is 1. The van der Waals surface area contributed by atoms with Crippen molar-refractivity contribution >= 4 is 17.8 Å². The van der Waals surface area contributed by atoms with Gasteiger partial charge < -0.3 is 48.7 Å². The van der Waals surface area contributed by atoms with Crippen LogP contribution >= 0.6 is 0 Å². The minimum atomic E-state index is -1.24. The molecule has 0 aliphatic carbocycles. The summed E-state index contributed by atoms with van der Waals surface area (Å²) >= 11 is 0. The van der Waals surface area contributed by atoms with Gasteiger partial charge in [0.1, 0.15) is 24.2 Å². The highest BCUT2D eigenvalue weighted by Gasteiger charge is 2.59. The summed E-state index contributed by atoms with van der Waals surface area (Å²) in [6, 6.07) is 2.11. The van der Waals surface area contributed by atoms with E-state index in [0.29, 0.717) is 32.4 Å². The number of cyclic esters (lactones) is 1. The van der Waals surface area contributed by atoms with Crippen LogP contribution in [0, 0.1) is 11.8 Å². The Morgan fingerprint density at radius 1 is 1.11 bits per heavy atom. The molecule has 3 fully saturated rings. The summed E-state index contributed by atoms with van der Waals surface area (Å²) in [4.78, 5) is 54.2. The Morgan fingerprint density at radius 2 is 1.82 bits per heavy atom. The summed E-state index contributed by atoms with van der Waals surface area (Å²) in [5.41, 5.74) is -0.622. The van der Waals surface area contributed by atoms with Crippen LogP contribution < -0.4 is 5.32 Å². The third-order valence-electron chi connectivity index (χ3n) is 12.2. The number of ketones is 1. The molecule has 0 spiro atoms. The van der Waals surface area contributed by atoms with Crippen molar-refractivity contribution in [1.82, 2.24) is 29.7 Å². The molecule has 5 rings (SSSR count). The Labute approximate surface area is 336 Å². The quantitative estimate of drug-likeness (QED) is 0.162. The normalized spacial score (nSPS) is 36.9. The Morgan fingerprint density at radius 3 is 2.44 bits per heavy atom. The molecule has 0 aromatic carbocycles. The van der Waals surface area contributed by atoms with E-state index in [0.717, 1.165) is 17.7 Å². The number of aliphatic hydroxyl groups excluding tert-OH is 2. The van der Waals surface area contributed by atoms with Gasteiger partial charge in [-0.3, -0.25) is 19.5 Å². The third-order valence-corrected chi connectivity index (χ3v) is 12.2. The molecule has 13 atom stereocenters. The highest BCUT2D eigenvalue weighted by Crippen LogP contribution is 2.40. The highest BCUT2D eigenvalue weighted by molar-refractivity contribution is 6.00. The number of hydrogen-bond acceptors (Lipinski definition) is 14. The van der Waals surface area contributed by atoms with Gasteiger partial charge in [-0.25, -0.2) is 9.78 Å². The van der Waals surface area contributed by atoms with E-state index in [1.165, 1.54) is 14.0 Å². The topological polar surface area (TPSA) is 187 Å². The second kappa shape index (κ2) is 18.6. The molecule has 2 aromatic rings. The lowest BCUT2D eigenvalue weighted by molar-refractivity contribution is -0.245. The number of Topliss-reactive ketones (excluding diaryl/α,β-unsaturated/α-hetero) is 1. The van der Waals surface area contributed by atoms with Crippen molar-refractivity contribution in [3.63, 3.8) is 0 Å². The summed E-state index contributed by atoms with van der Waals surface area (Å²) in [5.74, 6) is -3.31. The molecule has 3 aliphatic rings. The van der Waals surface area contributed by atoms with E-state index < -0.39 is 83.7 Å². The molecule has 0 saturated carbocycles. The lowest BCUT2D eigenvalue weighted by atomic mass is 9.79. The second-order valence-corrected chi connectivity index (χ2v) is 16.7. The van der Waals surface area contributed by atoms with Crippen LogP contribution in [0.15, 0.2) is 37.1 Å². The van der Waals surface area contributed by atoms with E-state index in [-0.39, 0.29) is 18.7 Å². The lowest BCUT2D eigenvalue weighted by Crippen LogP contribution is -2.62. The molecule has 0 unspecified atom stereocenters. The van der Waals surface area contributed by atoms with Crippen molar-refractivity contribution in [3.8, 4) is 11.3 Å². The molecule has 16 nitrogen and oxygen atoms in total. The first-order valence-electron chi connectivity index (χ1n) is 20.2. The van der Waals surface area contributed by atoms with Crippen LogP contribution in [0.25, 0.3) is 11.3 Å². The fraction of sp³-hybridized carbons (Fsp3) is 0.732. The molecule has 3 saturated heterocycles. The standard InChI is InChI=1S/C41H64N6O10/c1-11-31-41(7)35(47(39(52)57-41)18-13-12-17-46-21-29(43-23-46)28-15-14-16-42-20-28)27(5)44-24(2)19-40(6,53-10)36(25(3)33(49)26(4)37(51)55-31)56-38-34(50)32(45(8)9)30(22-48)54-38/h14-16,20-21,23-27,30-32,34-36,38,44,48,50H,11-13,17-19,22H2,1-10H3/t24-,25+,26-,27-,30-,31-,32-,34-,35-,36-,38-,40+,41-/m1/s1. The smallest absolute Gasteiger partial charge is 0.410 e. The maximum Gasteiger partial charge on any atom is 0.410 e. The molecule has 16 heteroatoms. The summed E-state index contributed by atoms with van der Waals surface area (Å²) in [6.45, 7) is 13.4. The van der Waals surface area contributed by atoms with Gasteiger partial charge in [0, 0.05) is 62.4 Å². The van der Waals surface area contributed by atoms with Crippen molar-refractivity contribution in [3.05, 3.63) is 37.1 Å². The van der Waals surface area contributed by atoms with Crippen molar-refractivity contribution in [2.24, 2.45) is 11.8 Å². The van der Waals surface area contributed by atoms with Gasteiger partial charge in [0.25, 0.3) is 0 Å². The van der Waals surface area contributed by atoms with Gasteiger partial charge in [-0.1, -0.05) is 13.8 Å². The number of pyridine rings is 1. The number of amides is 1. The molecule has 0 bridgehead atoms. The predicted octanol–water partition coefficient (Wildman–Crippen LogP) is 3.04. The van der Waals surface area contributed by atoms with Crippen LogP contribution in [-0.2, 0) is 39.8 Å². The predicted molar refractivity (Wildman–Crippen MR) is 210 cm³/mol. The number of carbonyl (C=O) groups excluding carboxylic acids is 3. The van der Waals surface area contributed by atoms with Gasteiger partial charge in [0.15, 0.2) is 17.7 Å². The number of fused-ring (bicyclic) bond motifs is 1. The first-order chi connectivity index (χ1) is 27.0. The van der Waals surface area contributed by atoms with Gasteiger partial charge in [-0.05, 0) is 86.5 Å². The Balaban J connectivity index is 1.40. The largest absolute Gasteiger partial charge is 0.458 e. The van der Waals surface area contributed by atoms with Gasteiger partial charge in [-0.2, -0.15) is 0 Å². The van der Waals surface area contributed by atoms with Crippen molar-refractivity contribution in [2.75, 3.05) is 34.4 Å². The van der Waals surface area contributed by atoms with Crippen LogP contribution in [-0.4, -0.2) is 153 Å². The molecular weight excluding hydrogens is 736 g/mol. The average molecular weight is 801 g/mol. The maximum absolute atomic E-state index is 14.2. The van der Waals surface area contributed by atoms with Gasteiger partial charge in [0.05, 0.1) is 42.4 Å². The number of rotatable bonds is 12. The molecule has 5 heterocycles. The van der Waals surface area contributed by atoms with Crippen molar-refractivity contribution in [2.45, 2.75) is 147 Å². The highest BCUT2D eigenvalue weighted by atomic mass is 16.7. The van der Waals surface area contributed by atoms with E-state index in [4.69, 9.17) is 23.7 Å². The lowest BCUT2D eigenvalue weighted by Gasteiger charge is -2.45. The Hall–Kier alpha value is -3.51. The number of ether oxygens (including phenoxy) is 5. The second-order valence-electron chi connectivity index (χ2n) is 16.7. The summed E-state index contributed by atoms with van der Waals surface area (Å²) < 4.78 is 33.1. The molecule has 1 amide bonds. The number of unbranched alkanes of at least 4 members (excludes halogenated alkanes) is 1. The Kier molecular flexibility index (Phi) is 14.6. The zero-order valence-corrected chi connectivity index (χ0v) is 35.2. The maximum atomic E-state index is 14.2. The van der Waals surface area contributed by atoms with E-state index in [1.54, 1.807) is 49.5 Å². The summed E-state index contributed by atoms with van der Waals surface area (Å²) in [6.07, 6.45) is 3.96. The van der Waals surface area contributed by atoms with Gasteiger partial charge in [-0.15, -0.1) is 0 Å². The SMILES string of the molecule is CC[C@H]1OC(=O)[C@H](C)C(=O)[C@H](C)[C@@H](O[C@H]2O[C@H](CO)[C@@H](N(C)C)[C@H]2O)[C@@](C)(OC)C[C@@H](C)N[C@H](C)[C@H]2N(CCCCn3cnc(-c4cccnc4)c3)C(=O)O[C@]12C. The minimum absolute atomic E-state index is 0.257. The van der Waals surface area contributed by atoms with Crippen LogP contribution in [0.1, 0.15) is 74.1 Å². The number of esters is 1. The number of imidazole rings is 1. The van der Waals surface area contributed by atoms with Crippen molar-refractivity contribution < 1.29 is 48.3 Å². The number of likely N-dealkylation sites (N-methyl/N-ethyl adjacent to an activating group) is 1. The fourth-order valence-corrected chi connectivity index (χ4v) is 9.29. The number of hydrogen-bond donors (Lipinski definition) is 3. The third kappa shape index (κ3) is 9.37.